The van der Waals surface area contributed by atoms with Crippen LogP contribution in [0.1, 0.15) is 48.5 Å². The fourth-order valence-corrected chi connectivity index (χ4v) is 7.04. The van der Waals surface area contributed by atoms with Crippen LogP contribution in [0.3, 0.4) is 0 Å². The van der Waals surface area contributed by atoms with Gasteiger partial charge < -0.3 is 9.30 Å². The summed E-state index contributed by atoms with van der Waals surface area (Å²) in [7, 11) is -3.57. The van der Waals surface area contributed by atoms with Crippen molar-refractivity contribution in [2.45, 2.75) is 51.0 Å². The number of amides is 1. The average molecular weight is 536 g/mol. The predicted molar refractivity (Wildman–Crippen MR) is 140 cm³/mol. The minimum absolute atomic E-state index is 0.204. The Kier molecular flexibility index (Phi) is 8.44. The lowest BCUT2D eigenvalue weighted by Crippen LogP contribution is -2.31. The summed E-state index contributed by atoms with van der Waals surface area (Å²) in [5, 5.41) is 0.652. The molecule has 0 N–H and O–H groups in total. The number of benzene rings is 2. The quantitative estimate of drug-likeness (QED) is 0.398. The highest BCUT2D eigenvalue weighted by Gasteiger charge is 2.25. The zero-order valence-corrected chi connectivity index (χ0v) is 22.4. The van der Waals surface area contributed by atoms with Gasteiger partial charge in [0.05, 0.1) is 21.7 Å². The van der Waals surface area contributed by atoms with Crippen molar-refractivity contribution in [3.63, 3.8) is 0 Å². The van der Waals surface area contributed by atoms with Crippen LogP contribution < -0.4 is 4.80 Å². The molecule has 0 atom stereocenters. The maximum atomic E-state index is 13.0. The summed E-state index contributed by atoms with van der Waals surface area (Å²) in [6, 6.07) is 9.85. The summed E-state index contributed by atoms with van der Waals surface area (Å²) >= 11 is 7.77. The lowest BCUT2D eigenvalue weighted by molar-refractivity contribution is 0.0996. The Bertz CT molecular complexity index is 1370. The third kappa shape index (κ3) is 5.70. The van der Waals surface area contributed by atoms with Gasteiger partial charge in [-0.05, 0) is 68.7 Å². The van der Waals surface area contributed by atoms with Gasteiger partial charge >= 0.3 is 0 Å². The van der Waals surface area contributed by atoms with Gasteiger partial charge in [-0.25, -0.2) is 8.42 Å². The number of thiazole rings is 1. The molecule has 3 aromatic rings. The Morgan fingerprint density at radius 2 is 1.77 bits per heavy atom. The number of nitrogens with zero attached hydrogens (tertiary/aromatic N) is 3. The second-order valence-corrected chi connectivity index (χ2v) is 11.9. The Morgan fingerprint density at radius 3 is 2.43 bits per heavy atom. The van der Waals surface area contributed by atoms with Crippen molar-refractivity contribution in [3.8, 4) is 0 Å². The molecule has 0 aliphatic carbocycles. The highest BCUT2D eigenvalue weighted by atomic mass is 35.5. The monoisotopic (exact) mass is 535 g/mol. The molecule has 1 aliphatic rings. The molecule has 2 aromatic carbocycles. The molecule has 1 saturated heterocycles. The van der Waals surface area contributed by atoms with Crippen LogP contribution in [-0.2, 0) is 21.3 Å². The van der Waals surface area contributed by atoms with Gasteiger partial charge in [-0.2, -0.15) is 9.30 Å². The molecule has 188 valence electrons. The van der Waals surface area contributed by atoms with Gasteiger partial charge in [-0.15, -0.1) is 0 Å². The smallest absolute Gasteiger partial charge is 0.279 e. The summed E-state index contributed by atoms with van der Waals surface area (Å²) in [4.78, 5) is 18.2. The van der Waals surface area contributed by atoms with Crippen molar-refractivity contribution in [1.29, 1.82) is 0 Å². The Balaban J connectivity index is 1.65. The second kappa shape index (κ2) is 11.3. The van der Waals surface area contributed by atoms with E-state index in [-0.39, 0.29) is 4.90 Å². The molecule has 1 fully saturated rings. The summed E-state index contributed by atoms with van der Waals surface area (Å²) in [5.74, 6) is -0.427. The van der Waals surface area contributed by atoms with Crippen molar-refractivity contribution in [3.05, 3.63) is 57.3 Å². The fourth-order valence-electron chi connectivity index (χ4n) is 4.26. The van der Waals surface area contributed by atoms with Gasteiger partial charge in [-0.3, -0.25) is 4.79 Å². The number of carbonyl (C=O) groups excluding carboxylic acids is 1. The van der Waals surface area contributed by atoms with Crippen LogP contribution in [0.5, 0.6) is 0 Å². The molecule has 0 spiro atoms. The van der Waals surface area contributed by atoms with Crippen molar-refractivity contribution in [2.24, 2.45) is 4.99 Å². The van der Waals surface area contributed by atoms with Crippen LogP contribution in [0.2, 0.25) is 5.02 Å². The molecule has 0 unspecified atom stereocenters. The molecule has 1 aliphatic heterocycles. The van der Waals surface area contributed by atoms with Crippen LogP contribution in [0.15, 0.2) is 46.3 Å². The lowest BCUT2D eigenvalue weighted by Gasteiger charge is -2.19. The third-order valence-electron chi connectivity index (χ3n) is 6.19. The molecular weight excluding hydrogens is 506 g/mol. The first-order valence-corrected chi connectivity index (χ1v) is 14.5. The largest absolute Gasteiger partial charge is 0.380 e. The summed E-state index contributed by atoms with van der Waals surface area (Å²) in [6.45, 7) is 6.58. The normalized spacial score (nSPS) is 16.0. The van der Waals surface area contributed by atoms with E-state index in [9.17, 15) is 13.2 Å². The molecule has 1 amide bonds. The zero-order valence-electron chi connectivity index (χ0n) is 20.0. The third-order valence-corrected chi connectivity index (χ3v) is 9.56. The van der Waals surface area contributed by atoms with Crippen molar-refractivity contribution in [1.82, 2.24) is 8.87 Å². The number of halogens is 1. The number of carbonyl (C=O) groups is 1. The maximum absolute atomic E-state index is 13.0. The SMILES string of the molecule is CCOCCn1c(=NC(=O)c2ccc(S(=O)(=O)N3CCCCCC3)cc2)sc2ccc(Cl)c(C)c21. The molecule has 0 saturated carbocycles. The van der Waals surface area contributed by atoms with Gasteiger partial charge in [0, 0.05) is 36.8 Å². The molecule has 2 heterocycles. The predicted octanol–water partition coefficient (Wildman–Crippen LogP) is 5.01. The standard InChI is InChI=1S/C25H30ClN3O4S2/c1-3-33-17-16-29-23-18(2)21(26)12-13-22(23)34-25(29)27-24(30)19-8-10-20(11-9-19)35(31,32)28-14-6-4-5-7-15-28/h8-13H,3-7,14-17H2,1-2H3. The van der Waals surface area contributed by atoms with E-state index in [0.717, 1.165) is 41.5 Å². The van der Waals surface area contributed by atoms with E-state index < -0.39 is 15.9 Å². The molecule has 1 aromatic heterocycles. The topological polar surface area (TPSA) is 81.0 Å². The first-order chi connectivity index (χ1) is 16.8. The van der Waals surface area contributed by atoms with Crippen LogP contribution in [0, 0.1) is 6.92 Å². The Morgan fingerprint density at radius 1 is 1.09 bits per heavy atom. The van der Waals surface area contributed by atoms with Gasteiger partial charge in [0.1, 0.15) is 0 Å². The molecule has 10 heteroatoms. The number of aryl methyl sites for hydroxylation is 1. The van der Waals surface area contributed by atoms with E-state index in [1.54, 1.807) is 4.31 Å². The minimum atomic E-state index is -3.57. The maximum Gasteiger partial charge on any atom is 0.279 e. The number of hydrogen-bond acceptors (Lipinski definition) is 5. The van der Waals surface area contributed by atoms with E-state index in [0.29, 0.717) is 48.2 Å². The first-order valence-electron chi connectivity index (χ1n) is 11.9. The van der Waals surface area contributed by atoms with Crippen molar-refractivity contribution in [2.75, 3.05) is 26.3 Å². The number of ether oxygens (including phenoxy) is 1. The fraction of sp³-hybridized carbons (Fsp3) is 0.440. The van der Waals surface area contributed by atoms with Gasteiger partial charge in [0.15, 0.2) is 4.80 Å². The molecule has 0 bridgehead atoms. The highest BCUT2D eigenvalue weighted by Crippen LogP contribution is 2.27. The van der Waals surface area contributed by atoms with Crippen LogP contribution in [-0.4, -0.2) is 49.5 Å². The minimum Gasteiger partial charge on any atom is -0.380 e. The zero-order chi connectivity index (χ0) is 25.0. The molecule has 7 nitrogen and oxygen atoms in total. The van der Waals surface area contributed by atoms with E-state index in [2.05, 4.69) is 4.99 Å². The first kappa shape index (κ1) is 26.0. The molecule has 35 heavy (non-hydrogen) atoms. The second-order valence-electron chi connectivity index (χ2n) is 8.51. The number of fused-ring (bicyclic) bond motifs is 1. The summed E-state index contributed by atoms with van der Waals surface area (Å²) in [6.07, 6.45) is 3.85. The van der Waals surface area contributed by atoms with Gasteiger partial charge in [0.2, 0.25) is 10.0 Å². The van der Waals surface area contributed by atoms with E-state index in [4.69, 9.17) is 16.3 Å². The molecule has 4 rings (SSSR count). The van der Waals surface area contributed by atoms with Crippen LogP contribution >= 0.6 is 22.9 Å². The van der Waals surface area contributed by atoms with E-state index in [1.807, 2.05) is 30.5 Å². The van der Waals surface area contributed by atoms with Gasteiger partial charge in [-0.1, -0.05) is 35.8 Å². The Labute approximate surface area is 215 Å². The van der Waals surface area contributed by atoms with E-state index >= 15 is 0 Å². The number of rotatable bonds is 7. The summed E-state index contributed by atoms with van der Waals surface area (Å²) in [5.41, 5.74) is 2.20. The van der Waals surface area contributed by atoms with Crippen molar-refractivity contribution < 1.29 is 17.9 Å². The van der Waals surface area contributed by atoms with Crippen LogP contribution in [0.4, 0.5) is 0 Å². The average Bonchev–Trinajstić information content (AvgIpc) is 3.01. The number of sulfonamides is 1. The van der Waals surface area contributed by atoms with Crippen molar-refractivity contribution >= 4 is 49.1 Å². The number of hydrogen-bond donors (Lipinski definition) is 0. The Hall–Kier alpha value is -2.04. The highest BCUT2D eigenvalue weighted by molar-refractivity contribution is 7.89. The molecule has 0 radical (unpaired) electrons. The lowest BCUT2D eigenvalue weighted by atomic mass is 10.2. The van der Waals surface area contributed by atoms with E-state index in [1.165, 1.54) is 35.6 Å². The van der Waals surface area contributed by atoms with Crippen LogP contribution in [0.25, 0.3) is 10.2 Å². The van der Waals surface area contributed by atoms with Gasteiger partial charge in [0.25, 0.3) is 5.91 Å². The molecular formula is C25H30ClN3O4S2. The summed E-state index contributed by atoms with van der Waals surface area (Å²) < 4.78 is 36.1. The number of aromatic nitrogens is 1.